The van der Waals surface area contributed by atoms with Gasteiger partial charge in [-0.3, -0.25) is 0 Å². The average molecular weight is 434 g/mol. The van der Waals surface area contributed by atoms with Crippen LogP contribution in [0.25, 0.3) is 0 Å². The van der Waals surface area contributed by atoms with Gasteiger partial charge >= 0.3 is 0 Å². The van der Waals surface area contributed by atoms with Gasteiger partial charge in [-0.25, -0.2) is 0 Å². The minimum atomic E-state index is -0.424. The molecule has 0 amide bonds. The highest BCUT2D eigenvalue weighted by molar-refractivity contribution is 9.10. The number of ether oxygens (including phenoxy) is 2. The van der Waals surface area contributed by atoms with Crippen LogP contribution in [0.4, 0.5) is 0 Å². The Morgan fingerprint density at radius 3 is 2.81 bits per heavy atom. The standard InChI is InChI=1S/C22H28BrNO3/c1-26-19-6-2-4-16(12-19)5-3-11-27-21-8-7-17(13-20(21)23)18-9-10-22(24,14-18)15-25/h2,4,6-8,12-13,18,25H,3,5,9-11,14-15,24H2,1H3/t18-,22+/m1/s1. The number of aryl methyl sites for hydroxylation is 1. The number of aliphatic hydroxyl groups excluding tert-OH is 1. The van der Waals surface area contributed by atoms with Crippen LogP contribution in [0.2, 0.25) is 0 Å². The first-order chi connectivity index (χ1) is 13.0. The Kier molecular flexibility index (Phi) is 6.79. The number of rotatable bonds is 8. The Hall–Kier alpha value is -1.56. The van der Waals surface area contributed by atoms with Crippen molar-refractivity contribution in [3.05, 3.63) is 58.1 Å². The lowest BCUT2D eigenvalue weighted by atomic mass is 9.94. The molecule has 0 saturated heterocycles. The monoisotopic (exact) mass is 433 g/mol. The van der Waals surface area contributed by atoms with Crippen molar-refractivity contribution >= 4 is 15.9 Å². The minimum Gasteiger partial charge on any atom is -0.497 e. The van der Waals surface area contributed by atoms with Crippen LogP contribution in [0.3, 0.4) is 0 Å². The van der Waals surface area contributed by atoms with Crippen LogP contribution >= 0.6 is 15.9 Å². The first-order valence-electron chi connectivity index (χ1n) is 9.48. The Balaban J connectivity index is 1.51. The highest BCUT2D eigenvalue weighted by Crippen LogP contribution is 2.41. The third kappa shape index (κ3) is 5.24. The second-order valence-electron chi connectivity index (χ2n) is 7.45. The van der Waals surface area contributed by atoms with Crippen LogP contribution in [-0.2, 0) is 6.42 Å². The van der Waals surface area contributed by atoms with E-state index in [-0.39, 0.29) is 6.61 Å². The van der Waals surface area contributed by atoms with Crippen molar-refractivity contribution in [1.29, 1.82) is 0 Å². The molecule has 0 bridgehead atoms. The largest absolute Gasteiger partial charge is 0.497 e. The zero-order valence-electron chi connectivity index (χ0n) is 15.8. The molecule has 2 aromatic rings. The summed E-state index contributed by atoms with van der Waals surface area (Å²) in [6.45, 7) is 0.716. The number of hydrogen-bond acceptors (Lipinski definition) is 4. The lowest BCUT2D eigenvalue weighted by Crippen LogP contribution is -2.40. The highest BCUT2D eigenvalue weighted by atomic mass is 79.9. The molecular formula is C22H28BrNO3. The molecule has 1 aliphatic rings. The van der Waals surface area contributed by atoms with Gasteiger partial charge in [0.25, 0.3) is 0 Å². The van der Waals surface area contributed by atoms with Crippen LogP contribution in [0.15, 0.2) is 46.9 Å². The fraction of sp³-hybridized carbons (Fsp3) is 0.455. The van der Waals surface area contributed by atoms with E-state index < -0.39 is 5.54 Å². The number of halogens is 1. The van der Waals surface area contributed by atoms with Crippen molar-refractivity contribution in [3.8, 4) is 11.5 Å². The van der Waals surface area contributed by atoms with Gasteiger partial charge in [-0.2, -0.15) is 0 Å². The third-order valence-electron chi connectivity index (χ3n) is 5.39. The van der Waals surface area contributed by atoms with Crippen molar-refractivity contribution in [1.82, 2.24) is 0 Å². The number of benzene rings is 2. The van der Waals surface area contributed by atoms with E-state index in [1.54, 1.807) is 7.11 Å². The molecule has 2 aromatic carbocycles. The Bertz CT molecular complexity index is 767. The van der Waals surface area contributed by atoms with Gasteiger partial charge < -0.3 is 20.3 Å². The van der Waals surface area contributed by atoms with Gasteiger partial charge in [0.05, 0.1) is 24.8 Å². The molecular weight excluding hydrogens is 406 g/mol. The highest BCUT2D eigenvalue weighted by Gasteiger charge is 2.35. The molecule has 0 radical (unpaired) electrons. The van der Waals surface area contributed by atoms with Crippen molar-refractivity contribution in [3.63, 3.8) is 0 Å². The zero-order chi connectivity index (χ0) is 19.3. The summed E-state index contributed by atoms with van der Waals surface area (Å²) in [5.41, 5.74) is 8.29. The quantitative estimate of drug-likeness (QED) is 0.604. The minimum absolute atomic E-state index is 0.0547. The van der Waals surface area contributed by atoms with Crippen molar-refractivity contribution in [2.24, 2.45) is 5.73 Å². The first kappa shape index (κ1) is 20.2. The normalized spacial score (nSPS) is 22.0. The second-order valence-corrected chi connectivity index (χ2v) is 8.31. The third-order valence-corrected chi connectivity index (χ3v) is 6.01. The SMILES string of the molecule is COc1cccc(CCCOc2ccc([C@@H]3CC[C@@](N)(CO)C3)cc2Br)c1. The molecule has 0 heterocycles. The van der Waals surface area contributed by atoms with E-state index in [0.29, 0.717) is 12.5 Å². The van der Waals surface area contributed by atoms with Gasteiger partial charge in [0, 0.05) is 5.54 Å². The zero-order valence-corrected chi connectivity index (χ0v) is 17.4. The van der Waals surface area contributed by atoms with Gasteiger partial charge in [-0.05, 0) is 89.3 Å². The van der Waals surface area contributed by atoms with E-state index in [1.165, 1.54) is 11.1 Å². The average Bonchev–Trinajstić information content (AvgIpc) is 3.09. The molecule has 0 aliphatic heterocycles. The van der Waals surface area contributed by atoms with Crippen LogP contribution in [-0.4, -0.2) is 31.0 Å². The molecule has 3 N–H and O–H groups in total. The molecule has 0 unspecified atom stereocenters. The molecule has 0 aromatic heterocycles. The molecule has 27 heavy (non-hydrogen) atoms. The number of hydrogen-bond donors (Lipinski definition) is 2. The molecule has 146 valence electrons. The predicted octanol–water partition coefficient (Wildman–Crippen LogP) is 4.43. The van der Waals surface area contributed by atoms with Crippen molar-refractivity contribution in [2.75, 3.05) is 20.3 Å². The molecule has 3 rings (SSSR count). The lowest BCUT2D eigenvalue weighted by Gasteiger charge is -2.21. The van der Waals surface area contributed by atoms with Crippen LogP contribution < -0.4 is 15.2 Å². The van der Waals surface area contributed by atoms with Crippen molar-refractivity contribution in [2.45, 2.75) is 43.6 Å². The van der Waals surface area contributed by atoms with Gasteiger partial charge in [0.15, 0.2) is 0 Å². The Labute approximate surface area is 169 Å². The molecule has 2 atom stereocenters. The fourth-order valence-electron chi connectivity index (χ4n) is 3.76. The summed E-state index contributed by atoms with van der Waals surface area (Å²) >= 11 is 3.63. The molecule has 1 saturated carbocycles. The molecule has 0 spiro atoms. The lowest BCUT2D eigenvalue weighted by molar-refractivity contribution is 0.198. The van der Waals surface area contributed by atoms with Crippen LogP contribution in [0, 0.1) is 0 Å². The van der Waals surface area contributed by atoms with E-state index in [1.807, 2.05) is 18.2 Å². The van der Waals surface area contributed by atoms with E-state index in [4.69, 9.17) is 15.2 Å². The fourth-order valence-corrected chi connectivity index (χ4v) is 4.27. The summed E-state index contributed by atoms with van der Waals surface area (Å²) in [6.07, 6.45) is 4.61. The maximum absolute atomic E-state index is 9.46. The van der Waals surface area contributed by atoms with Crippen LogP contribution in [0.5, 0.6) is 11.5 Å². The predicted molar refractivity (Wildman–Crippen MR) is 112 cm³/mol. The first-order valence-corrected chi connectivity index (χ1v) is 10.3. The summed E-state index contributed by atoms with van der Waals surface area (Å²) in [5.74, 6) is 2.16. The van der Waals surface area contributed by atoms with Gasteiger partial charge in [0.1, 0.15) is 11.5 Å². The molecule has 4 nitrogen and oxygen atoms in total. The summed E-state index contributed by atoms with van der Waals surface area (Å²) in [6, 6.07) is 14.4. The topological polar surface area (TPSA) is 64.7 Å². The Morgan fingerprint density at radius 1 is 1.26 bits per heavy atom. The van der Waals surface area contributed by atoms with Gasteiger partial charge in [-0.1, -0.05) is 18.2 Å². The summed E-state index contributed by atoms with van der Waals surface area (Å²) in [7, 11) is 1.69. The molecule has 5 heteroatoms. The van der Waals surface area contributed by atoms with E-state index in [2.05, 4.69) is 40.2 Å². The maximum Gasteiger partial charge on any atom is 0.133 e. The maximum atomic E-state index is 9.46. The van der Waals surface area contributed by atoms with E-state index in [9.17, 15) is 5.11 Å². The Morgan fingerprint density at radius 2 is 2.11 bits per heavy atom. The van der Waals surface area contributed by atoms with Crippen LogP contribution in [0.1, 0.15) is 42.7 Å². The van der Waals surface area contributed by atoms with Gasteiger partial charge in [0.2, 0.25) is 0 Å². The van der Waals surface area contributed by atoms with E-state index >= 15 is 0 Å². The summed E-state index contributed by atoms with van der Waals surface area (Å²) in [4.78, 5) is 0. The smallest absolute Gasteiger partial charge is 0.133 e. The van der Waals surface area contributed by atoms with Gasteiger partial charge in [-0.15, -0.1) is 0 Å². The number of aliphatic hydroxyl groups is 1. The molecule has 1 aliphatic carbocycles. The number of nitrogens with two attached hydrogens (primary N) is 1. The summed E-state index contributed by atoms with van der Waals surface area (Å²) in [5, 5.41) is 9.46. The van der Waals surface area contributed by atoms with Crippen molar-refractivity contribution < 1.29 is 14.6 Å². The van der Waals surface area contributed by atoms with E-state index in [0.717, 1.165) is 48.1 Å². The second kappa shape index (κ2) is 9.09. The summed E-state index contributed by atoms with van der Waals surface area (Å²) < 4.78 is 12.2. The molecule has 1 fully saturated rings. The number of methoxy groups -OCH3 is 1.